The number of nitrogens with zero attached hydrogens (tertiary/aromatic N) is 1. The molecule has 1 nitrogen and oxygen atoms in total. The molecule has 13 heavy (non-hydrogen) atoms. The lowest BCUT2D eigenvalue weighted by Crippen LogP contribution is -1.97. The summed E-state index contributed by atoms with van der Waals surface area (Å²) in [7, 11) is 0. The lowest BCUT2D eigenvalue weighted by Gasteiger charge is -2.06. The van der Waals surface area contributed by atoms with Crippen molar-refractivity contribution in [3.05, 3.63) is 28.5 Å². The normalized spacial score (nSPS) is 12.8. The van der Waals surface area contributed by atoms with Crippen LogP contribution in [-0.4, -0.2) is 16.1 Å². The topological polar surface area (TPSA) is 12.9 Å². The van der Waals surface area contributed by atoms with Crippen molar-refractivity contribution in [3.63, 3.8) is 0 Å². The van der Waals surface area contributed by atoms with E-state index >= 15 is 0 Å². The van der Waals surface area contributed by atoms with Gasteiger partial charge in [-0.2, -0.15) is 11.8 Å². The molecule has 0 aliphatic heterocycles. The number of hydrogen-bond acceptors (Lipinski definition) is 2. The fourth-order valence-corrected chi connectivity index (χ4v) is 2.22. The molecule has 1 unspecified atom stereocenters. The predicted molar refractivity (Wildman–Crippen MR) is 63.4 cm³/mol. The molecule has 4 heteroatoms. The molecule has 1 rings (SSSR count). The summed E-state index contributed by atoms with van der Waals surface area (Å²) < 4.78 is 1.03. The van der Waals surface area contributed by atoms with Gasteiger partial charge in [-0.25, -0.2) is 0 Å². The smallest absolute Gasteiger partial charge is 0.0410 e. The Morgan fingerprint density at radius 3 is 3.00 bits per heavy atom. The average Bonchev–Trinajstić information content (AvgIpc) is 2.14. The monoisotopic (exact) mass is 279 g/mol. The van der Waals surface area contributed by atoms with E-state index in [1.165, 1.54) is 5.56 Å². The summed E-state index contributed by atoms with van der Waals surface area (Å²) >= 11 is 10.9. The van der Waals surface area contributed by atoms with Gasteiger partial charge in [0.25, 0.3) is 0 Å². The third kappa shape index (κ3) is 4.34. The van der Waals surface area contributed by atoms with Crippen molar-refractivity contribution in [2.75, 3.05) is 5.88 Å². The number of rotatable bonds is 4. The molecule has 0 N–H and O–H groups in total. The van der Waals surface area contributed by atoms with Gasteiger partial charge in [0.15, 0.2) is 0 Å². The minimum atomic E-state index is 0.501. The van der Waals surface area contributed by atoms with Crippen LogP contribution in [0.2, 0.25) is 0 Å². The second kappa shape index (κ2) is 5.89. The zero-order valence-electron chi connectivity index (χ0n) is 7.34. The zero-order valence-corrected chi connectivity index (χ0v) is 10.5. The van der Waals surface area contributed by atoms with Crippen molar-refractivity contribution >= 4 is 39.3 Å². The Morgan fingerprint density at radius 1 is 1.62 bits per heavy atom. The van der Waals surface area contributed by atoms with E-state index in [9.17, 15) is 0 Å². The lowest BCUT2D eigenvalue weighted by atomic mass is 10.3. The third-order valence-corrected chi connectivity index (χ3v) is 3.83. The van der Waals surface area contributed by atoms with E-state index in [0.29, 0.717) is 11.1 Å². The van der Waals surface area contributed by atoms with E-state index in [-0.39, 0.29) is 0 Å². The Morgan fingerprint density at radius 2 is 2.38 bits per heavy atom. The van der Waals surface area contributed by atoms with Crippen molar-refractivity contribution in [1.29, 1.82) is 0 Å². The van der Waals surface area contributed by atoms with Crippen LogP contribution >= 0.6 is 39.3 Å². The van der Waals surface area contributed by atoms with Gasteiger partial charge in [-0.15, -0.1) is 11.6 Å². The molecule has 0 bridgehead atoms. The Balaban J connectivity index is 2.45. The second-order valence-corrected chi connectivity index (χ2v) is 5.44. The minimum Gasteiger partial charge on any atom is -0.263 e. The maximum Gasteiger partial charge on any atom is 0.0410 e. The van der Waals surface area contributed by atoms with Gasteiger partial charge in [0, 0.05) is 33.7 Å². The number of hydrogen-bond donors (Lipinski definition) is 0. The molecule has 0 spiro atoms. The van der Waals surface area contributed by atoms with Crippen LogP contribution in [0.25, 0.3) is 0 Å². The van der Waals surface area contributed by atoms with E-state index in [0.717, 1.165) is 10.2 Å². The van der Waals surface area contributed by atoms with E-state index in [1.54, 1.807) is 6.20 Å². The maximum atomic E-state index is 5.70. The summed E-state index contributed by atoms with van der Waals surface area (Å²) in [6.45, 7) is 2.13. The molecule has 72 valence electrons. The molecule has 0 amide bonds. The van der Waals surface area contributed by atoms with Crippen molar-refractivity contribution in [2.45, 2.75) is 17.9 Å². The Hall–Kier alpha value is 0.270. The molecule has 1 aromatic heterocycles. The van der Waals surface area contributed by atoms with Crippen LogP contribution in [0, 0.1) is 0 Å². The fourth-order valence-electron chi connectivity index (χ4n) is 0.818. The van der Waals surface area contributed by atoms with Gasteiger partial charge in [-0.05, 0) is 27.6 Å². The van der Waals surface area contributed by atoms with Crippen LogP contribution in [0.4, 0.5) is 0 Å². The quantitative estimate of drug-likeness (QED) is 0.780. The zero-order chi connectivity index (χ0) is 9.68. The number of alkyl halides is 1. The van der Waals surface area contributed by atoms with Crippen LogP contribution in [0.1, 0.15) is 12.5 Å². The highest BCUT2D eigenvalue weighted by atomic mass is 79.9. The van der Waals surface area contributed by atoms with Gasteiger partial charge in [0.2, 0.25) is 0 Å². The van der Waals surface area contributed by atoms with Crippen molar-refractivity contribution in [3.8, 4) is 0 Å². The predicted octanol–water partition coefficient (Wildman–Crippen LogP) is 3.70. The molecule has 0 radical (unpaired) electrons. The Labute approximate surface area is 96.4 Å². The molecular formula is C9H11BrClNS. The maximum absolute atomic E-state index is 5.70. The standard InChI is InChI=1S/C9H11BrClNS/c1-7(3-11)13-6-8-2-9(10)5-12-4-8/h2,4-5,7H,3,6H2,1H3. The van der Waals surface area contributed by atoms with Gasteiger partial charge in [-0.3, -0.25) is 4.98 Å². The van der Waals surface area contributed by atoms with E-state index in [1.807, 2.05) is 18.0 Å². The molecule has 1 atom stereocenters. The van der Waals surface area contributed by atoms with Gasteiger partial charge in [-0.1, -0.05) is 6.92 Å². The van der Waals surface area contributed by atoms with Crippen LogP contribution in [0.3, 0.4) is 0 Å². The van der Waals surface area contributed by atoms with Crippen LogP contribution in [0.15, 0.2) is 22.9 Å². The summed E-state index contributed by atoms with van der Waals surface area (Å²) in [4.78, 5) is 4.09. The molecule has 1 aromatic rings. The van der Waals surface area contributed by atoms with E-state index in [2.05, 4.69) is 33.9 Å². The summed E-state index contributed by atoms with van der Waals surface area (Å²) in [5, 5.41) is 0.501. The summed E-state index contributed by atoms with van der Waals surface area (Å²) in [5.74, 6) is 1.67. The van der Waals surface area contributed by atoms with Crippen LogP contribution < -0.4 is 0 Å². The summed E-state index contributed by atoms with van der Waals surface area (Å²) in [5.41, 5.74) is 1.23. The molecule has 0 aliphatic rings. The molecule has 0 saturated carbocycles. The van der Waals surface area contributed by atoms with Gasteiger partial charge >= 0.3 is 0 Å². The number of thioether (sulfide) groups is 1. The largest absolute Gasteiger partial charge is 0.263 e. The highest BCUT2D eigenvalue weighted by Crippen LogP contribution is 2.19. The van der Waals surface area contributed by atoms with Crippen LogP contribution in [-0.2, 0) is 5.75 Å². The lowest BCUT2D eigenvalue weighted by molar-refractivity contribution is 1.11. The first-order valence-corrected chi connectivity index (χ1v) is 6.37. The SMILES string of the molecule is CC(CCl)SCc1cncc(Br)c1. The molecule has 0 fully saturated rings. The van der Waals surface area contributed by atoms with Gasteiger partial charge in [0.1, 0.15) is 0 Å². The number of halogens is 2. The van der Waals surface area contributed by atoms with E-state index < -0.39 is 0 Å². The second-order valence-electron chi connectivity index (χ2n) is 2.79. The molecule has 0 aliphatic carbocycles. The molecule has 0 aromatic carbocycles. The fraction of sp³-hybridized carbons (Fsp3) is 0.444. The van der Waals surface area contributed by atoms with Crippen molar-refractivity contribution in [1.82, 2.24) is 4.98 Å². The van der Waals surface area contributed by atoms with Gasteiger partial charge < -0.3 is 0 Å². The number of aromatic nitrogens is 1. The summed E-state index contributed by atoms with van der Waals surface area (Å²) in [6.07, 6.45) is 3.68. The number of pyridine rings is 1. The first-order valence-electron chi connectivity index (χ1n) is 3.99. The first kappa shape index (κ1) is 11.3. The van der Waals surface area contributed by atoms with Crippen molar-refractivity contribution < 1.29 is 0 Å². The Bertz CT molecular complexity index is 270. The molecular weight excluding hydrogens is 270 g/mol. The third-order valence-electron chi connectivity index (χ3n) is 1.51. The average molecular weight is 281 g/mol. The summed E-state index contributed by atoms with van der Waals surface area (Å²) in [6, 6.07) is 2.08. The minimum absolute atomic E-state index is 0.501. The van der Waals surface area contributed by atoms with Crippen LogP contribution in [0.5, 0.6) is 0 Å². The highest BCUT2D eigenvalue weighted by Gasteiger charge is 2.01. The molecule has 0 saturated heterocycles. The van der Waals surface area contributed by atoms with Crippen molar-refractivity contribution in [2.24, 2.45) is 0 Å². The molecule has 1 heterocycles. The van der Waals surface area contributed by atoms with Gasteiger partial charge in [0.05, 0.1) is 0 Å². The Kier molecular flexibility index (Phi) is 5.14. The van der Waals surface area contributed by atoms with E-state index in [4.69, 9.17) is 11.6 Å². The first-order chi connectivity index (χ1) is 6.22. The highest BCUT2D eigenvalue weighted by molar-refractivity contribution is 9.10.